The van der Waals surface area contributed by atoms with Crippen LogP contribution in [-0.2, 0) is 6.18 Å². The van der Waals surface area contributed by atoms with Crippen LogP contribution in [-0.4, -0.2) is 52.3 Å². The van der Waals surface area contributed by atoms with Gasteiger partial charge in [-0.15, -0.1) is 0 Å². The number of H-pyrrole nitrogens is 2. The summed E-state index contributed by atoms with van der Waals surface area (Å²) < 4.78 is 41.1. The third-order valence-corrected chi connectivity index (χ3v) is 5.58. The summed E-state index contributed by atoms with van der Waals surface area (Å²) in [7, 11) is 0. The van der Waals surface area contributed by atoms with Gasteiger partial charge in [-0.2, -0.15) is 23.4 Å². The first-order chi connectivity index (χ1) is 15.4. The normalized spacial score (nSPS) is 16.2. The average Bonchev–Trinajstić information content (AvgIpc) is 3.45. The Morgan fingerprint density at radius 3 is 2.59 bits per heavy atom. The Kier molecular flexibility index (Phi) is 6.31. The number of aliphatic imine (C=N–C) groups is 1. The third-order valence-electron chi connectivity index (χ3n) is 5.58. The molecule has 7 nitrogen and oxygen atoms in total. The van der Waals surface area contributed by atoms with Crippen molar-refractivity contribution < 1.29 is 13.2 Å². The largest absolute Gasteiger partial charge is 0.433 e. The summed E-state index contributed by atoms with van der Waals surface area (Å²) in [6, 6.07) is 3.85. The summed E-state index contributed by atoms with van der Waals surface area (Å²) in [5.41, 5.74) is 2.44. The summed E-state index contributed by atoms with van der Waals surface area (Å²) in [6.45, 7) is 7.03. The number of nitrogens with zero attached hydrogens (tertiary/aromatic N) is 4. The van der Waals surface area contributed by atoms with Crippen molar-refractivity contribution in [3.63, 3.8) is 0 Å². The molecule has 0 unspecified atom stereocenters. The topological polar surface area (TPSA) is 85.0 Å². The minimum Gasteiger partial charge on any atom is -0.367 e. The molecule has 0 radical (unpaired) electrons. The van der Waals surface area contributed by atoms with Crippen molar-refractivity contribution in [3.05, 3.63) is 47.4 Å². The maximum Gasteiger partial charge on any atom is 0.433 e. The van der Waals surface area contributed by atoms with E-state index in [-0.39, 0.29) is 11.3 Å². The molecule has 1 aromatic carbocycles. The number of nitrogens with one attached hydrogen (secondary N) is 3. The number of rotatable bonds is 6. The molecule has 4 rings (SSSR count). The monoisotopic (exact) mass is 445 g/mol. The molecule has 1 fully saturated rings. The van der Waals surface area contributed by atoms with Crippen LogP contribution in [0, 0.1) is 0 Å². The van der Waals surface area contributed by atoms with Crippen molar-refractivity contribution in [3.8, 4) is 0 Å². The molecule has 32 heavy (non-hydrogen) atoms. The number of allylic oxidation sites excluding steroid dienone is 2. The number of alkyl halides is 3. The van der Waals surface area contributed by atoms with Crippen LogP contribution in [0.2, 0.25) is 0 Å². The molecule has 1 saturated heterocycles. The average molecular weight is 445 g/mol. The molecule has 0 spiro atoms. The van der Waals surface area contributed by atoms with Gasteiger partial charge in [-0.25, -0.2) is 4.99 Å². The van der Waals surface area contributed by atoms with Crippen molar-refractivity contribution in [1.29, 1.82) is 0 Å². The summed E-state index contributed by atoms with van der Waals surface area (Å²) in [5.74, 6) is 0. The molecule has 0 aliphatic carbocycles. The fourth-order valence-electron chi connectivity index (χ4n) is 3.99. The molecule has 0 saturated carbocycles. The molecule has 3 N–H and O–H groups in total. The van der Waals surface area contributed by atoms with Gasteiger partial charge in [0.1, 0.15) is 5.69 Å². The molecule has 0 bridgehead atoms. The van der Waals surface area contributed by atoms with Gasteiger partial charge in [0.25, 0.3) is 0 Å². The quantitative estimate of drug-likeness (QED) is 0.485. The van der Waals surface area contributed by atoms with Crippen LogP contribution in [0.15, 0.2) is 41.2 Å². The van der Waals surface area contributed by atoms with Crippen molar-refractivity contribution >= 4 is 28.0 Å². The number of anilines is 1. The summed E-state index contributed by atoms with van der Waals surface area (Å²) in [5, 5.41) is 17.1. The Hall–Kier alpha value is -3.14. The second-order valence-corrected chi connectivity index (χ2v) is 7.72. The number of aromatic nitrogens is 4. The smallest absolute Gasteiger partial charge is 0.367 e. The Morgan fingerprint density at radius 1 is 1.16 bits per heavy atom. The molecular weight excluding hydrogens is 419 g/mol. The zero-order valence-corrected chi connectivity index (χ0v) is 18.1. The molecule has 3 heterocycles. The van der Waals surface area contributed by atoms with Crippen LogP contribution in [0.25, 0.3) is 10.9 Å². The lowest BCUT2D eigenvalue weighted by Crippen LogP contribution is -2.43. The van der Waals surface area contributed by atoms with Gasteiger partial charge >= 0.3 is 6.18 Å². The first-order valence-corrected chi connectivity index (χ1v) is 10.7. The number of halogens is 3. The van der Waals surface area contributed by atoms with Gasteiger partial charge in [0, 0.05) is 31.6 Å². The molecule has 3 aromatic rings. The summed E-state index contributed by atoms with van der Waals surface area (Å²) >= 11 is 0. The number of hydrogen-bond donors (Lipinski definition) is 3. The summed E-state index contributed by atoms with van der Waals surface area (Å²) in [4.78, 5) is 7.05. The molecule has 2 aromatic heterocycles. The number of benzene rings is 1. The zero-order chi connectivity index (χ0) is 22.7. The first-order valence-electron chi connectivity index (χ1n) is 10.7. The predicted molar refractivity (Wildman–Crippen MR) is 120 cm³/mol. The van der Waals surface area contributed by atoms with Gasteiger partial charge < -0.3 is 10.2 Å². The highest BCUT2D eigenvalue weighted by Gasteiger charge is 2.37. The predicted octanol–water partition coefficient (Wildman–Crippen LogP) is 4.58. The van der Waals surface area contributed by atoms with E-state index in [2.05, 4.69) is 30.6 Å². The number of aromatic amines is 2. The molecule has 170 valence electrons. The molecule has 10 heteroatoms. The number of piperazine rings is 1. The van der Waals surface area contributed by atoms with Gasteiger partial charge in [0.15, 0.2) is 0 Å². The lowest BCUT2D eigenvalue weighted by molar-refractivity contribution is -0.141. The van der Waals surface area contributed by atoms with Gasteiger partial charge in [-0.3, -0.25) is 10.2 Å². The van der Waals surface area contributed by atoms with E-state index in [4.69, 9.17) is 4.99 Å². The maximum atomic E-state index is 13.7. The molecule has 1 aliphatic heterocycles. The summed E-state index contributed by atoms with van der Waals surface area (Å²) in [6.07, 6.45) is 1.56. The highest BCUT2D eigenvalue weighted by molar-refractivity contribution is 6.15. The number of hydrogen-bond acceptors (Lipinski definition) is 5. The van der Waals surface area contributed by atoms with E-state index < -0.39 is 11.9 Å². The van der Waals surface area contributed by atoms with Gasteiger partial charge in [-0.05, 0) is 31.1 Å². The number of fused-ring (bicyclic) bond motifs is 1. The first kappa shape index (κ1) is 22.1. The van der Waals surface area contributed by atoms with Crippen molar-refractivity contribution in [1.82, 2.24) is 25.7 Å². The van der Waals surface area contributed by atoms with Gasteiger partial charge in [0.05, 0.1) is 40.6 Å². The van der Waals surface area contributed by atoms with Gasteiger partial charge in [0.2, 0.25) is 0 Å². The van der Waals surface area contributed by atoms with Crippen molar-refractivity contribution in [2.45, 2.75) is 32.9 Å². The Balaban J connectivity index is 1.92. The lowest BCUT2D eigenvalue weighted by atomic mass is 9.98. The third kappa shape index (κ3) is 4.40. The molecule has 0 atom stereocenters. The van der Waals surface area contributed by atoms with E-state index in [1.54, 1.807) is 6.20 Å². The van der Waals surface area contributed by atoms with E-state index in [9.17, 15) is 13.2 Å². The van der Waals surface area contributed by atoms with Crippen molar-refractivity contribution in [2.24, 2.45) is 4.99 Å². The Morgan fingerprint density at radius 2 is 1.91 bits per heavy atom. The highest BCUT2D eigenvalue weighted by atomic mass is 19.4. The van der Waals surface area contributed by atoms with Crippen LogP contribution >= 0.6 is 0 Å². The van der Waals surface area contributed by atoms with E-state index in [1.807, 2.05) is 32.1 Å². The minimum absolute atomic E-state index is 0.0439. The molecule has 1 aliphatic rings. The van der Waals surface area contributed by atoms with Crippen LogP contribution in [0.4, 0.5) is 24.5 Å². The van der Waals surface area contributed by atoms with E-state index in [0.29, 0.717) is 12.1 Å². The lowest BCUT2D eigenvalue weighted by Gasteiger charge is -2.30. The van der Waals surface area contributed by atoms with E-state index in [0.717, 1.165) is 54.8 Å². The Bertz CT molecular complexity index is 1130. The van der Waals surface area contributed by atoms with Gasteiger partial charge in [-0.1, -0.05) is 19.4 Å². The molecule has 0 amide bonds. The van der Waals surface area contributed by atoms with Crippen molar-refractivity contribution in [2.75, 3.05) is 31.1 Å². The van der Waals surface area contributed by atoms with E-state index in [1.165, 1.54) is 6.20 Å². The highest BCUT2D eigenvalue weighted by Crippen LogP contribution is 2.37. The van der Waals surface area contributed by atoms with Crippen LogP contribution in [0.5, 0.6) is 0 Å². The van der Waals surface area contributed by atoms with Crippen LogP contribution < -0.4 is 10.2 Å². The standard InChI is InChI=1S/C22H26F3N7/c1-3-5-14(4-2)20(16-13-28-31-21(16)22(23,24)25)29-18-10-15-12-27-30-17(15)11-19(18)32-8-6-26-7-9-32/h4,10-13,26H,3,5-9H2,1-2H3,(H,27,30)(H,28,31)/b14-4+,29-20?. The van der Waals surface area contributed by atoms with E-state index >= 15 is 0 Å². The second kappa shape index (κ2) is 9.15. The van der Waals surface area contributed by atoms with Crippen LogP contribution in [0.3, 0.4) is 0 Å². The SMILES string of the molecule is C/C=C(\CCC)C(=Nc1cc2cn[nH]c2cc1N1CCNCC1)c1cn[nH]c1C(F)(F)F. The zero-order valence-electron chi connectivity index (χ0n) is 18.1. The Labute approximate surface area is 183 Å². The second-order valence-electron chi connectivity index (χ2n) is 7.72. The maximum absolute atomic E-state index is 13.7. The molecular formula is C22H26F3N7. The fourth-order valence-corrected chi connectivity index (χ4v) is 3.99. The van der Waals surface area contributed by atoms with Crippen LogP contribution in [0.1, 0.15) is 37.9 Å². The minimum atomic E-state index is -4.56. The fraction of sp³-hybridized carbons (Fsp3) is 0.409.